The van der Waals surface area contributed by atoms with Gasteiger partial charge in [-0.2, -0.15) is 0 Å². The van der Waals surface area contributed by atoms with E-state index in [4.69, 9.17) is 15.5 Å². The highest BCUT2D eigenvalue weighted by Crippen LogP contribution is 2.40. The largest absolute Gasteiger partial charge is 0.491 e. The lowest BCUT2D eigenvalue weighted by atomic mass is 9.88. The van der Waals surface area contributed by atoms with Crippen molar-refractivity contribution in [3.8, 4) is 17.0 Å². The van der Waals surface area contributed by atoms with Crippen LogP contribution in [0.25, 0.3) is 22.2 Å². The first kappa shape index (κ1) is 24.0. The zero-order chi connectivity index (χ0) is 25.4. The molecule has 184 valence electrons. The van der Waals surface area contributed by atoms with Gasteiger partial charge in [-0.25, -0.2) is 4.98 Å². The number of nitrogens with one attached hydrogen (secondary N) is 1. The summed E-state index contributed by atoms with van der Waals surface area (Å²) in [5.74, 6) is 0.539. The minimum atomic E-state index is -0.499. The monoisotopic (exact) mass is 499 g/mol. The molecule has 7 heteroatoms. The fourth-order valence-electron chi connectivity index (χ4n) is 4.76. The van der Waals surface area contributed by atoms with Crippen molar-refractivity contribution in [3.05, 3.63) is 76.2 Å². The lowest BCUT2D eigenvalue weighted by molar-refractivity contribution is 0.1000. The summed E-state index contributed by atoms with van der Waals surface area (Å²) in [7, 11) is 0. The Hall–Kier alpha value is -3.71. The van der Waals surface area contributed by atoms with E-state index >= 15 is 0 Å². The number of benzene rings is 2. The maximum absolute atomic E-state index is 13.6. The molecule has 1 aliphatic carbocycles. The van der Waals surface area contributed by atoms with E-state index in [1.807, 2.05) is 62.4 Å². The van der Waals surface area contributed by atoms with Gasteiger partial charge >= 0.3 is 0 Å². The Balaban J connectivity index is 1.53. The zero-order valence-corrected chi connectivity index (χ0v) is 21.4. The van der Waals surface area contributed by atoms with E-state index in [0.717, 1.165) is 51.9 Å². The number of thiophene rings is 1. The predicted octanol–water partition coefficient (Wildman–Crippen LogP) is 6.23. The number of carbonyl (C=O) groups is 2. The average molecular weight is 500 g/mol. The molecule has 1 aliphatic rings. The first-order valence-corrected chi connectivity index (χ1v) is 13.0. The van der Waals surface area contributed by atoms with Crippen LogP contribution >= 0.6 is 11.3 Å². The Morgan fingerprint density at radius 3 is 2.61 bits per heavy atom. The summed E-state index contributed by atoms with van der Waals surface area (Å²) >= 11 is 1.47. The van der Waals surface area contributed by atoms with Crippen molar-refractivity contribution in [3.63, 3.8) is 0 Å². The second-order valence-electron chi connectivity index (χ2n) is 9.64. The highest BCUT2D eigenvalue weighted by molar-refractivity contribution is 7.17. The molecule has 0 aliphatic heterocycles. The van der Waals surface area contributed by atoms with Crippen molar-refractivity contribution >= 4 is 39.1 Å². The third-order valence-corrected chi connectivity index (χ3v) is 7.64. The second kappa shape index (κ2) is 9.74. The molecule has 3 N–H and O–H groups in total. The number of primary amides is 1. The van der Waals surface area contributed by atoms with Crippen LogP contribution in [-0.4, -0.2) is 22.9 Å². The number of anilines is 1. The number of fused-ring (bicyclic) bond motifs is 2. The molecule has 2 aromatic heterocycles. The molecule has 2 heterocycles. The van der Waals surface area contributed by atoms with Crippen molar-refractivity contribution in [2.75, 3.05) is 5.32 Å². The molecule has 0 spiro atoms. The van der Waals surface area contributed by atoms with Gasteiger partial charge in [0.1, 0.15) is 10.8 Å². The van der Waals surface area contributed by atoms with Crippen LogP contribution in [0.2, 0.25) is 0 Å². The summed E-state index contributed by atoms with van der Waals surface area (Å²) in [4.78, 5) is 31.9. The van der Waals surface area contributed by atoms with E-state index < -0.39 is 5.91 Å². The maximum Gasteiger partial charge on any atom is 0.257 e. The van der Waals surface area contributed by atoms with Gasteiger partial charge in [0.15, 0.2) is 0 Å². The molecule has 0 radical (unpaired) electrons. The van der Waals surface area contributed by atoms with Crippen molar-refractivity contribution in [2.24, 2.45) is 11.7 Å². The smallest absolute Gasteiger partial charge is 0.257 e. The molecule has 0 bridgehead atoms. The van der Waals surface area contributed by atoms with Crippen LogP contribution in [0.15, 0.2) is 54.6 Å². The van der Waals surface area contributed by atoms with Gasteiger partial charge < -0.3 is 15.8 Å². The molecular weight excluding hydrogens is 470 g/mol. The minimum absolute atomic E-state index is 0.0846. The number of ether oxygens (including phenoxy) is 1. The van der Waals surface area contributed by atoms with Gasteiger partial charge in [-0.3, -0.25) is 9.59 Å². The first-order chi connectivity index (χ1) is 17.3. The summed E-state index contributed by atoms with van der Waals surface area (Å²) in [6, 6.07) is 17.1. The lowest BCUT2D eigenvalue weighted by Crippen LogP contribution is -2.19. The number of pyridine rings is 1. The molecule has 0 fully saturated rings. The number of hydrogen-bond acceptors (Lipinski definition) is 5. The van der Waals surface area contributed by atoms with Gasteiger partial charge in [-0.05, 0) is 81.0 Å². The molecule has 2 aromatic carbocycles. The maximum atomic E-state index is 13.6. The number of aromatic nitrogens is 1. The summed E-state index contributed by atoms with van der Waals surface area (Å²) in [5, 5.41) is 4.29. The number of rotatable bonds is 6. The second-order valence-corrected chi connectivity index (χ2v) is 10.7. The Morgan fingerprint density at radius 2 is 1.89 bits per heavy atom. The van der Waals surface area contributed by atoms with E-state index in [1.165, 1.54) is 11.3 Å². The Bertz CT molecular complexity index is 1460. The molecule has 2 amide bonds. The van der Waals surface area contributed by atoms with E-state index in [0.29, 0.717) is 27.7 Å². The standard InChI is InChI=1S/C29H29N3O3S/c1-16(2)35-19-11-9-18(10-12-19)24-15-22(20-6-4-5-7-23(20)31-24)28(34)32-29-26(27(30)33)21-13-8-17(3)14-25(21)36-29/h4-7,9-12,15-17H,8,13-14H2,1-3H3,(H2,30,33)(H,32,34)/t17-/m1/s1. The number of nitrogens with two attached hydrogens (primary N) is 1. The fourth-order valence-corrected chi connectivity index (χ4v) is 6.17. The van der Waals surface area contributed by atoms with Crippen LogP contribution < -0.4 is 15.8 Å². The Morgan fingerprint density at radius 1 is 1.14 bits per heavy atom. The van der Waals surface area contributed by atoms with Crippen LogP contribution in [0, 0.1) is 5.92 Å². The highest BCUT2D eigenvalue weighted by atomic mass is 32.1. The molecule has 0 unspecified atom stereocenters. The molecule has 5 rings (SSSR count). The molecule has 4 aromatic rings. The van der Waals surface area contributed by atoms with Gasteiger partial charge in [0, 0.05) is 15.8 Å². The van der Waals surface area contributed by atoms with Crippen LogP contribution in [0.3, 0.4) is 0 Å². The lowest BCUT2D eigenvalue weighted by Gasteiger charge is -2.18. The summed E-state index contributed by atoms with van der Waals surface area (Å²) in [6.07, 6.45) is 2.80. The molecule has 0 saturated carbocycles. The van der Waals surface area contributed by atoms with E-state index in [1.54, 1.807) is 6.07 Å². The number of amides is 2. The average Bonchev–Trinajstić information content (AvgIpc) is 3.20. The van der Waals surface area contributed by atoms with Crippen molar-refractivity contribution in [2.45, 2.75) is 46.1 Å². The van der Waals surface area contributed by atoms with E-state index in [9.17, 15) is 9.59 Å². The molecule has 36 heavy (non-hydrogen) atoms. The van der Waals surface area contributed by atoms with Gasteiger partial charge in [0.25, 0.3) is 11.8 Å². The molecule has 1 atom stereocenters. The summed E-state index contributed by atoms with van der Waals surface area (Å²) < 4.78 is 5.75. The van der Waals surface area contributed by atoms with Crippen LogP contribution in [0.1, 0.15) is 58.3 Å². The van der Waals surface area contributed by atoms with E-state index in [2.05, 4.69) is 12.2 Å². The normalized spacial score (nSPS) is 15.1. The SMILES string of the molecule is CC(C)Oc1ccc(-c2cc(C(=O)Nc3sc4c(c3C(N)=O)CC[C@@H](C)C4)c3ccccc3n2)cc1. The van der Waals surface area contributed by atoms with Gasteiger partial charge in [-0.1, -0.05) is 25.1 Å². The Labute approximate surface area is 214 Å². The van der Waals surface area contributed by atoms with Crippen LogP contribution in [-0.2, 0) is 12.8 Å². The van der Waals surface area contributed by atoms with Gasteiger partial charge in [0.2, 0.25) is 0 Å². The van der Waals surface area contributed by atoms with Crippen LogP contribution in [0.4, 0.5) is 5.00 Å². The number of hydrogen-bond donors (Lipinski definition) is 2. The zero-order valence-electron chi connectivity index (χ0n) is 20.6. The Kier molecular flexibility index (Phi) is 6.49. The summed E-state index contributed by atoms with van der Waals surface area (Å²) in [6.45, 7) is 6.17. The van der Waals surface area contributed by atoms with Gasteiger partial charge in [0.05, 0.1) is 28.4 Å². The van der Waals surface area contributed by atoms with Crippen molar-refractivity contribution in [1.82, 2.24) is 4.98 Å². The third-order valence-electron chi connectivity index (χ3n) is 6.47. The van der Waals surface area contributed by atoms with Gasteiger partial charge in [-0.15, -0.1) is 11.3 Å². The number of nitrogens with zero attached hydrogens (tertiary/aromatic N) is 1. The molecule has 0 saturated heterocycles. The van der Waals surface area contributed by atoms with Crippen LogP contribution in [0.5, 0.6) is 5.75 Å². The van der Waals surface area contributed by atoms with Crippen molar-refractivity contribution < 1.29 is 14.3 Å². The third kappa shape index (κ3) is 4.71. The number of carbonyl (C=O) groups excluding carboxylic acids is 2. The molecule has 6 nitrogen and oxygen atoms in total. The van der Waals surface area contributed by atoms with Crippen molar-refractivity contribution in [1.29, 1.82) is 0 Å². The predicted molar refractivity (Wildman–Crippen MR) is 145 cm³/mol. The first-order valence-electron chi connectivity index (χ1n) is 12.2. The topological polar surface area (TPSA) is 94.3 Å². The number of para-hydroxylation sites is 1. The molecular formula is C29H29N3O3S. The van der Waals surface area contributed by atoms with E-state index in [-0.39, 0.29) is 12.0 Å². The highest BCUT2D eigenvalue weighted by Gasteiger charge is 2.28. The summed E-state index contributed by atoms with van der Waals surface area (Å²) in [5.41, 5.74) is 9.98. The fraction of sp³-hybridized carbons (Fsp3) is 0.276. The minimum Gasteiger partial charge on any atom is -0.491 e. The quantitative estimate of drug-likeness (QED) is 0.329.